The van der Waals surface area contributed by atoms with Crippen molar-refractivity contribution in [3.05, 3.63) is 54.9 Å². The Morgan fingerprint density at radius 2 is 1.67 bits per heavy atom. The number of fused-ring (bicyclic) bond motifs is 1. The molecule has 5 nitrogen and oxygen atoms in total. The molecule has 1 N–H and O–H groups in total. The SMILES string of the molecule is CC(C)(C)OC(=O)Nc1ccc2cc(-c3ncccn3)ccc2c1. The Morgan fingerprint density at radius 3 is 2.38 bits per heavy atom. The number of anilines is 1. The highest BCUT2D eigenvalue weighted by molar-refractivity contribution is 5.92. The molecular formula is C19H19N3O2. The van der Waals surface area contributed by atoms with Gasteiger partial charge in [0.05, 0.1) is 0 Å². The van der Waals surface area contributed by atoms with E-state index in [-0.39, 0.29) is 0 Å². The van der Waals surface area contributed by atoms with E-state index in [2.05, 4.69) is 15.3 Å². The number of rotatable bonds is 2. The second-order valence-electron chi connectivity index (χ2n) is 6.48. The lowest BCUT2D eigenvalue weighted by Gasteiger charge is -2.19. The van der Waals surface area contributed by atoms with Crippen LogP contribution in [0.4, 0.5) is 10.5 Å². The molecule has 24 heavy (non-hydrogen) atoms. The van der Waals surface area contributed by atoms with Crippen molar-refractivity contribution >= 4 is 22.6 Å². The van der Waals surface area contributed by atoms with Crippen molar-refractivity contribution in [1.82, 2.24) is 9.97 Å². The number of amides is 1. The lowest BCUT2D eigenvalue weighted by atomic mass is 10.1. The molecule has 0 aliphatic rings. The number of aromatic nitrogens is 2. The number of nitrogens with zero attached hydrogens (tertiary/aromatic N) is 2. The number of hydrogen-bond donors (Lipinski definition) is 1. The molecule has 1 aromatic heterocycles. The van der Waals surface area contributed by atoms with Crippen molar-refractivity contribution < 1.29 is 9.53 Å². The molecule has 0 aliphatic heterocycles. The van der Waals surface area contributed by atoms with E-state index in [9.17, 15) is 4.79 Å². The second kappa shape index (κ2) is 6.28. The van der Waals surface area contributed by atoms with Gasteiger partial charge < -0.3 is 4.74 Å². The van der Waals surface area contributed by atoms with Crippen LogP contribution in [-0.2, 0) is 4.74 Å². The second-order valence-corrected chi connectivity index (χ2v) is 6.48. The fraction of sp³-hybridized carbons (Fsp3) is 0.211. The minimum atomic E-state index is -0.522. The number of carbonyl (C=O) groups is 1. The minimum Gasteiger partial charge on any atom is -0.444 e. The molecule has 0 unspecified atom stereocenters. The van der Waals surface area contributed by atoms with Crippen LogP contribution in [0.2, 0.25) is 0 Å². The molecule has 0 bridgehead atoms. The van der Waals surface area contributed by atoms with Gasteiger partial charge in [0, 0.05) is 23.6 Å². The van der Waals surface area contributed by atoms with Gasteiger partial charge in [-0.3, -0.25) is 5.32 Å². The molecule has 0 saturated heterocycles. The topological polar surface area (TPSA) is 64.1 Å². The summed E-state index contributed by atoms with van der Waals surface area (Å²) in [5.41, 5.74) is 1.13. The molecule has 1 heterocycles. The summed E-state index contributed by atoms with van der Waals surface area (Å²) in [6.45, 7) is 5.50. The van der Waals surface area contributed by atoms with Crippen LogP contribution in [0.5, 0.6) is 0 Å². The first-order chi connectivity index (χ1) is 11.4. The third-order valence-electron chi connectivity index (χ3n) is 3.31. The van der Waals surface area contributed by atoms with Gasteiger partial charge in [0.2, 0.25) is 0 Å². The molecule has 0 atom stereocenters. The lowest BCUT2D eigenvalue weighted by molar-refractivity contribution is 0.0636. The van der Waals surface area contributed by atoms with E-state index in [0.717, 1.165) is 16.3 Å². The van der Waals surface area contributed by atoms with Gasteiger partial charge in [0.15, 0.2) is 5.82 Å². The Balaban J connectivity index is 1.84. The van der Waals surface area contributed by atoms with Gasteiger partial charge in [-0.25, -0.2) is 14.8 Å². The fourth-order valence-corrected chi connectivity index (χ4v) is 2.33. The maximum Gasteiger partial charge on any atom is 0.412 e. The first kappa shape index (κ1) is 15.9. The van der Waals surface area contributed by atoms with Crippen molar-refractivity contribution in [2.24, 2.45) is 0 Å². The molecule has 0 spiro atoms. The molecule has 0 aliphatic carbocycles. The molecule has 5 heteroatoms. The summed E-state index contributed by atoms with van der Waals surface area (Å²) in [5, 5.41) is 4.82. The van der Waals surface area contributed by atoms with Gasteiger partial charge in [-0.1, -0.05) is 18.2 Å². The van der Waals surface area contributed by atoms with E-state index in [1.54, 1.807) is 18.5 Å². The normalized spacial score (nSPS) is 11.3. The molecule has 2 aromatic carbocycles. The summed E-state index contributed by atoms with van der Waals surface area (Å²) in [7, 11) is 0. The maximum atomic E-state index is 11.9. The van der Waals surface area contributed by atoms with E-state index < -0.39 is 11.7 Å². The fourth-order valence-electron chi connectivity index (χ4n) is 2.33. The highest BCUT2D eigenvalue weighted by Gasteiger charge is 2.16. The zero-order valence-electron chi connectivity index (χ0n) is 13.9. The quantitative estimate of drug-likeness (QED) is 0.746. The standard InChI is InChI=1S/C19H19N3O2/c1-19(2,3)24-18(23)22-16-8-7-13-11-15(6-5-14(13)12-16)17-20-9-4-10-21-17/h4-12H,1-3H3,(H,22,23). The van der Waals surface area contributed by atoms with E-state index in [1.165, 1.54) is 0 Å². The Labute approximate surface area is 140 Å². The highest BCUT2D eigenvalue weighted by atomic mass is 16.6. The van der Waals surface area contributed by atoms with E-state index in [1.807, 2.05) is 57.2 Å². The van der Waals surface area contributed by atoms with Crippen LogP contribution in [0.3, 0.4) is 0 Å². The van der Waals surface area contributed by atoms with Gasteiger partial charge in [-0.05, 0) is 55.8 Å². The Hall–Kier alpha value is -2.95. The number of carbonyl (C=O) groups excluding carboxylic acids is 1. The van der Waals surface area contributed by atoms with Crippen LogP contribution in [0, 0.1) is 0 Å². The largest absolute Gasteiger partial charge is 0.444 e. The molecule has 0 fully saturated rings. The van der Waals surface area contributed by atoms with Crippen molar-refractivity contribution in [3.63, 3.8) is 0 Å². The first-order valence-corrected chi connectivity index (χ1v) is 7.72. The van der Waals surface area contributed by atoms with Gasteiger partial charge in [-0.15, -0.1) is 0 Å². The number of benzene rings is 2. The lowest BCUT2D eigenvalue weighted by Crippen LogP contribution is -2.27. The average molecular weight is 321 g/mol. The minimum absolute atomic E-state index is 0.462. The summed E-state index contributed by atoms with van der Waals surface area (Å²) < 4.78 is 5.26. The molecule has 3 rings (SSSR count). The van der Waals surface area contributed by atoms with Crippen LogP contribution < -0.4 is 5.32 Å². The predicted octanol–water partition coefficient (Wildman–Crippen LogP) is 4.64. The van der Waals surface area contributed by atoms with E-state index >= 15 is 0 Å². The first-order valence-electron chi connectivity index (χ1n) is 7.72. The van der Waals surface area contributed by atoms with E-state index in [4.69, 9.17) is 4.74 Å². The maximum absolute atomic E-state index is 11.9. The Kier molecular flexibility index (Phi) is 4.16. The van der Waals surface area contributed by atoms with Gasteiger partial charge in [0.1, 0.15) is 5.60 Å². The van der Waals surface area contributed by atoms with Crippen molar-refractivity contribution in [2.75, 3.05) is 5.32 Å². The van der Waals surface area contributed by atoms with E-state index in [0.29, 0.717) is 11.5 Å². The third kappa shape index (κ3) is 3.87. The monoisotopic (exact) mass is 321 g/mol. The van der Waals surface area contributed by atoms with Crippen LogP contribution in [0.25, 0.3) is 22.2 Å². The van der Waals surface area contributed by atoms with Crippen molar-refractivity contribution in [2.45, 2.75) is 26.4 Å². The van der Waals surface area contributed by atoms with Gasteiger partial charge in [0.25, 0.3) is 0 Å². The molecule has 122 valence electrons. The number of ether oxygens (including phenoxy) is 1. The Bertz CT molecular complexity index is 871. The van der Waals surface area contributed by atoms with Gasteiger partial charge >= 0.3 is 6.09 Å². The summed E-state index contributed by atoms with van der Waals surface area (Å²) in [6.07, 6.45) is 2.98. The van der Waals surface area contributed by atoms with Crippen LogP contribution in [0.15, 0.2) is 54.9 Å². The molecule has 0 radical (unpaired) electrons. The average Bonchev–Trinajstić information content (AvgIpc) is 2.53. The number of nitrogens with one attached hydrogen (secondary N) is 1. The zero-order chi connectivity index (χ0) is 17.2. The highest BCUT2D eigenvalue weighted by Crippen LogP contribution is 2.24. The zero-order valence-corrected chi connectivity index (χ0v) is 13.9. The van der Waals surface area contributed by atoms with Gasteiger partial charge in [-0.2, -0.15) is 0 Å². The summed E-state index contributed by atoms with van der Waals surface area (Å²) in [6, 6.07) is 13.5. The molecule has 0 saturated carbocycles. The summed E-state index contributed by atoms with van der Waals surface area (Å²) in [5.74, 6) is 0.690. The smallest absolute Gasteiger partial charge is 0.412 e. The Morgan fingerprint density at radius 1 is 1.00 bits per heavy atom. The number of hydrogen-bond acceptors (Lipinski definition) is 4. The summed E-state index contributed by atoms with van der Waals surface area (Å²) in [4.78, 5) is 20.4. The van der Waals surface area contributed by atoms with Crippen LogP contribution in [-0.4, -0.2) is 21.7 Å². The van der Waals surface area contributed by atoms with Crippen LogP contribution >= 0.6 is 0 Å². The van der Waals surface area contributed by atoms with Crippen molar-refractivity contribution in [3.8, 4) is 11.4 Å². The molecular weight excluding hydrogens is 302 g/mol. The molecule has 1 amide bonds. The predicted molar refractivity (Wildman–Crippen MR) is 94.8 cm³/mol. The summed E-state index contributed by atoms with van der Waals surface area (Å²) >= 11 is 0. The third-order valence-corrected chi connectivity index (χ3v) is 3.31. The molecule has 3 aromatic rings. The van der Waals surface area contributed by atoms with Crippen LogP contribution in [0.1, 0.15) is 20.8 Å². The van der Waals surface area contributed by atoms with Crippen molar-refractivity contribution in [1.29, 1.82) is 0 Å².